The van der Waals surface area contributed by atoms with Gasteiger partial charge < -0.3 is 10.1 Å². The van der Waals surface area contributed by atoms with Gasteiger partial charge in [0.2, 0.25) is 5.91 Å². The number of carbonyl (C=O) groups excluding carboxylic acids is 2. The number of halogens is 1. The molecule has 1 amide bonds. The second kappa shape index (κ2) is 4.95. The van der Waals surface area contributed by atoms with Crippen LogP contribution in [0.25, 0.3) is 0 Å². The number of amides is 1. The molecule has 1 heterocycles. The number of hydrogen-bond donors (Lipinski definition) is 2. The molecule has 6 heteroatoms. The van der Waals surface area contributed by atoms with E-state index < -0.39 is 6.04 Å². The van der Waals surface area contributed by atoms with Gasteiger partial charge >= 0.3 is 5.97 Å². The number of carbonyl (C=O) groups is 2. The van der Waals surface area contributed by atoms with Crippen LogP contribution in [0.2, 0.25) is 0 Å². The largest absolute Gasteiger partial charge is 0.468 e. The second-order valence-corrected chi connectivity index (χ2v) is 2.26. The maximum Gasteiger partial charge on any atom is 0.324 e. The molecule has 0 unspecified atom stereocenters. The molecule has 0 aromatic heterocycles. The Morgan fingerprint density at radius 3 is 2.75 bits per heavy atom. The lowest BCUT2D eigenvalue weighted by atomic mass is 10.2. The Balaban J connectivity index is 0.00000121. The van der Waals surface area contributed by atoms with Crippen LogP contribution in [-0.2, 0) is 14.3 Å². The van der Waals surface area contributed by atoms with E-state index in [0.717, 1.165) is 0 Å². The molecule has 1 aliphatic rings. The molecule has 1 rings (SSSR count). The van der Waals surface area contributed by atoms with Crippen LogP contribution >= 0.6 is 12.4 Å². The molecule has 0 bridgehead atoms. The minimum Gasteiger partial charge on any atom is -0.468 e. The first-order chi connectivity index (χ1) is 5.24. The van der Waals surface area contributed by atoms with Gasteiger partial charge in [-0.05, 0) is 0 Å². The summed E-state index contributed by atoms with van der Waals surface area (Å²) in [5.74, 6) is -0.435. The molecule has 1 saturated heterocycles. The number of rotatable bonds is 1. The van der Waals surface area contributed by atoms with Gasteiger partial charge in [0, 0.05) is 6.54 Å². The van der Waals surface area contributed by atoms with Crippen LogP contribution in [0, 0.1) is 0 Å². The Bertz CT molecular complexity index is 176. The zero-order valence-electron chi connectivity index (χ0n) is 6.62. The summed E-state index contributed by atoms with van der Waals surface area (Å²) >= 11 is 0. The monoisotopic (exact) mass is 194 g/mol. The molecule has 70 valence electrons. The summed E-state index contributed by atoms with van der Waals surface area (Å²) < 4.78 is 4.47. The average Bonchev–Trinajstić information content (AvgIpc) is 2.05. The van der Waals surface area contributed by atoms with E-state index in [9.17, 15) is 9.59 Å². The van der Waals surface area contributed by atoms with Gasteiger partial charge in [-0.2, -0.15) is 0 Å². The van der Waals surface area contributed by atoms with Crippen LogP contribution in [0.4, 0.5) is 0 Å². The van der Waals surface area contributed by atoms with Crippen LogP contribution in [-0.4, -0.2) is 38.1 Å². The third kappa shape index (κ3) is 2.67. The lowest BCUT2D eigenvalue weighted by Gasteiger charge is -2.21. The first-order valence-corrected chi connectivity index (χ1v) is 3.32. The average molecular weight is 195 g/mol. The zero-order chi connectivity index (χ0) is 8.27. The van der Waals surface area contributed by atoms with E-state index in [1.54, 1.807) is 0 Å². The highest BCUT2D eigenvalue weighted by Gasteiger charge is 2.23. The van der Waals surface area contributed by atoms with Gasteiger partial charge in [-0.15, -0.1) is 12.4 Å². The maximum atomic E-state index is 10.8. The van der Waals surface area contributed by atoms with Gasteiger partial charge in [-0.1, -0.05) is 0 Å². The van der Waals surface area contributed by atoms with E-state index in [0.29, 0.717) is 6.54 Å². The van der Waals surface area contributed by atoms with Gasteiger partial charge in [0.15, 0.2) is 0 Å². The Morgan fingerprint density at radius 1 is 1.67 bits per heavy atom. The number of esters is 1. The molecule has 0 aromatic carbocycles. The number of ether oxygens (including phenoxy) is 1. The number of piperazine rings is 1. The molecule has 1 fully saturated rings. The van der Waals surface area contributed by atoms with Crippen molar-refractivity contribution in [3.8, 4) is 0 Å². The van der Waals surface area contributed by atoms with Crippen LogP contribution in [0.5, 0.6) is 0 Å². The van der Waals surface area contributed by atoms with E-state index in [2.05, 4.69) is 15.4 Å². The number of nitrogens with one attached hydrogen (secondary N) is 2. The SMILES string of the molecule is COC(=O)[C@@H]1CNC(=O)CN1.Cl. The van der Waals surface area contributed by atoms with Crippen molar-refractivity contribution in [1.29, 1.82) is 0 Å². The summed E-state index contributed by atoms with van der Waals surface area (Å²) in [6.07, 6.45) is 0. The van der Waals surface area contributed by atoms with Crippen molar-refractivity contribution < 1.29 is 14.3 Å². The van der Waals surface area contributed by atoms with Crippen molar-refractivity contribution in [2.75, 3.05) is 20.2 Å². The highest BCUT2D eigenvalue weighted by molar-refractivity contribution is 5.85. The summed E-state index contributed by atoms with van der Waals surface area (Å²) in [6, 6.07) is -0.391. The molecule has 0 radical (unpaired) electrons. The van der Waals surface area contributed by atoms with Crippen molar-refractivity contribution >= 4 is 24.3 Å². The minimum absolute atomic E-state index is 0. The van der Waals surface area contributed by atoms with E-state index >= 15 is 0 Å². The third-order valence-corrected chi connectivity index (χ3v) is 1.50. The molecular weight excluding hydrogens is 184 g/mol. The zero-order valence-corrected chi connectivity index (χ0v) is 7.44. The highest BCUT2D eigenvalue weighted by Crippen LogP contribution is 1.90. The minimum atomic E-state index is -0.391. The molecule has 0 aliphatic carbocycles. The standard InChI is InChI=1S/C6H10N2O3.ClH/c1-11-6(10)4-2-8-5(9)3-7-4;/h4,7H,2-3H2,1H3,(H,8,9);1H/t4-;/m0./s1. The van der Waals surface area contributed by atoms with Gasteiger partial charge in [0.1, 0.15) is 6.04 Å². The van der Waals surface area contributed by atoms with Crippen LogP contribution in [0.3, 0.4) is 0 Å². The van der Waals surface area contributed by atoms with Gasteiger partial charge in [0.05, 0.1) is 13.7 Å². The van der Waals surface area contributed by atoms with E-state index in [-0.39, 0.29) is 30.8 Å². The fourth-order valence-electron chi connectivity index (χ4n) is 0.875. The Kier molecular flexibility index (Phi) is 4.61. The first kappa shape index (κ1) is 11.2. The molecule has 12 heavy (non-hydrogen) atoms. The fraction of sp³-hybridized carbons (Fsp3) is 0.667. The summed E-state index contributed by atoms with van der Waals surface area (Å²) in [7, 11) is 1.32. The fourth-order valence-corrected chi connectivity index (χ4v) is 0.875. The molecule has 5 nitrogen and oxygen atoms in total. The van der Waals surface area contributed by atoms with Crippen LogP contribution < -0.4 is 10.6 Å². The van der Waals surface area contributed by atoms with Crippen molar-refractivity contribution in [2.45, 2.75) is 6.04 Å². The van der Waals surface area contributed by atoms with Gasteiger partial charge in [-0.25, -0.2) is 0 Å². The molecular formula is C6H11ClN2O3. The Morgan fingerprint density at radius 2 is 2.33 bits per heavy atom. The van der Waals surface area contributed by atoms with Crippen molar-refractivity contribution in [2.24, 2.45) is 0 Å². The summed E-state index contributed by atoms with van der Waals surface area (Å²) in [5.41, 5.74) is 0. The maximum absolute atomic E-state index is 10.8. The summed E-state index contributed by atoms with van der Waals surface area (Å²) in [4.78, 5) is 21.4. The molecule has 0 spiro atoms. The van der Waals surface area contributed by atoms with Gasteiger partial charge in [-0.3, -0.25) is 14.9 Å². The first-order valence-electron chi connectivity index (χ1n) is 3.32. The molecule has 0 aromatic rings. The third-order valence-electron chi connectivity index (χ3n) is 1.50. The molecule has 2 N–H and O–H groups in total. The Labute approximate surface area is 76.2 Å². The Hall–Kier alpha value is -0.810. The van der Waals surface area contributed by atoms with E-state index in [1.165, 1.54) is 7.11 Å². The van der Waals surface area contributed by atoms with Crippen LogP contribution in [0.1, 0.15) is 0 Å². The quantitative estimate of drug-likeness (QED) is 0.508. The highest BCUT2D eigenvalue weighted by atomic mass is 35.5. The number of hydrogen-bond acceptors (Lipinski definition) is 4. The summed E-state index contributed by atoms with van der Waals surface area (Å²) in [6.45, 7) is 0.491. The predicted octanol–water partition coefficient (Wildman–Crippen LogP) is -1.33. The van der Waals surface area contributed by atoms with Crippen LogP contribution in [0.15, 0.2) is 0 Å². The van der Waals surface area contributed by atoms with Gasteiger partial charge in [0.25, 0.3) is 0 Å². The van der Waals surface area contributed by atoms with E-state index in [4.69, 9.17) is 0 Å². The normalized spacial score (nSPS) is 22.1. The molecule has 0 saturated carbocycles. The lowest BCUT2D eigenvalue weighted by Crippen LogP contribution is -2.55. The van der Waals surface area contributed by atoms with Crippen molar-refractivity contribution in [3.05, 3.63) is 0 Å². The van der Waals surface area contributed by atoms with Crippen molar-refractivity contribution in [1.82, 2.24) is 10.6 Å². The smallest absolute Gasteiger partial charge is 0.324 e. The predicted molar refractivity (Wildman–Crippen MR) is 44.1 cm³/mol. The lowest BCUT2D eigenvalue weighted by molar-refractivity contribution is -0.143. The summed E-state index contributed by atoms with van der Waals surface area (Å²) in [5, 5.41) is 5.28. The molecule has 1 aliphatic heterocycles. The van der Waals surface area contributed by atoms with E-state index in [1.807, 2.05) is 0 Å². The topological polar surface area (TPSA) is 67.4 Å². The van der Waals surface area contributed by atoms with Crippen molar-refractivity contribution in [3.63, 3.8) is 0 Å². The molecule has 1 atom stereocenters. The second-order valence-electron chi connectivity index (χ2n) is 2.26. The number of methoxy groups -OCH3 is 1.